The molecule has 0 saturated carbocycles. The van der Waals surface area contributed by atoms with E-state index in [2.05, 4.69) is 29.5 Å². The zero-order valence-corrected chi connectivity index (χ0v) is 17.2. The molecule has 0 spiro atoms. The summed E-state index contributed by atoms with van der Waals surface area (Å²) in [5, 5.41) is 14.2. The normalized spacial score (nSPS) is 10.0. The molecule has 1 aromatic rings. The number of nitriles is 2. The number of ether oxygens (including phenoxy) is 1. The first-order valence-corrected chi connectivity index (χ1v) is 9.52. The van der Waals surface area contributed by atoms with E-state index in [0.29, 0.717) is 6.54 Å². The number of nitrogens with zero attached hydrogens (tertiary/aromatic N) is 4. The van der Waals surface area contributed by atoms with Gasteiger partial charge in [-0.15, -0.1) is 0 Å². The van der Waals surface area contributed by atoms with Gasteiger partial charge in [-0.2, -0.15) is 10.5 Å². The Kier molecular flexibility index (Phi) is 19.7. The highest BCUT2D eigenvalue weighted by atomic mass is 16.5. The van der Waals surface area contributed by atoms with Crippen LogP contribution < -0.4 is 16.0 Å². The summed E-state index contributed by atoms with van der Waals surface area (Å²) in [6.07, 6.45) is 19.4. The van der Waals surface area contributed by atoms with Crippen molar-refractivity contribution < 1.29 is 14.1 Å². The summed E-state index contributed by atoms with van der Waals surface area (Å²) in [5.74, 6) is -0.329. The van der Waals surface area contributed by atoms with Crippen LogP contribution >= 0.6 is 0 Å². The second kappa shape index (κ2) is 20.3. The molecule has 0 saturated heterocycles. The molecule has 8 heteroatoms. The van der Waals surface area contributed by atoms with Crippen LogP contribution in [-0.4, -0.2) is 16.6 Å². The molecule has 0 bridgehead atoms. The Morgan fingerprint density at radius 3 is 2.21 bits per heavy atom. The summed E-state index contributed by atoms with van der Waals surface area (Å²) in [6, 6.07) is 0. The number of hydrogen-bond acceptors (Lipinski definition) is 6. The number of carbonyl (C=O) groups excluding carboxylic acids is 1. The van der Waals surface area contributed by atoms with Crippen LogP contribution in [0.3, 0.4) is 0 Å². The second-order valence-electron chi connectivity index (χ2n) is 6.21. The molecule has 1 rings (SSSR count). The second-order valence-corrected chi connectivity index (χ2v) is 6.21. The van der Waals surface area contributed by atoms with Gasteiger partial charge in [-0.1, -0.05) is 52.0 Å². The molecule has 156 valence electrons. The minimum atomic E-state index is -0.329. The SMILES string of the molecule is C=CC(=O)OC(CCCCCCCCC)C[n+]1ccn(C)c1.N#CN.N#CN. The maximum atomic E-state index is 11.5. The topological polar surface area (TPSA) is 135 Å². The van der Waals surface area contributed by atoms with Crippen LogP contribution in [0.25, 0.3) is 0 Å². The maximum Gasteiger partial charge on any atom is 0.330 e. The fraction of sp³-hybridized carbons (Fsp3) is 0.600. The molecule has 0 aromatic carbocycles. The van der Waals surface area contributed by atoms with Crippen molar-refractivity contribution >= 4 is 5.97 Å². The molecule has 0 aliphatic rings. The molecule has 8 nitrogen and oxygen atoms in total. The summed E-state index contributed by atoms with van der Waals surface area (Å²) in [5.41, 5.74) is 8.31. The van der Waals surface area contributed by atoms with E-state index < -0.39 is 0 Å². The third-order valence-electron chi connectivity index (χ3n) is 3.82. The van der Waals surface area contributed by atoms with Crippen molar-refractivity contribution in [3.8, 4) is 12.4 Å². The van der Waals surface area contributed by atoms with Gasteiger partial charge in [0.15, 0.2) is 12.4 Å². The van der Waals surface area contributed by atoms with Gasteiger partial charge in [-0.3, -0.25) is 0 Å². The van der Waals surface area contributed by atoms with Crippen LogP contribution in [0.15, 0.2) is 31.4 Å². The summed E-state index contributed by atoms with van der Waals surface area (Å²) in [6.45, 7) is 6.42. The van der Waals surface area contributed by atoms with Crippen molar-refractivity contribution in [2.24, 2.45) is 18.5 Å². The molecular weight excluding hydrogens is 356 g/mol. The summed E-state index contributed by atoms with van der Waals surface area (Å²) in [7, 11) is 1.98. The number of unbranched alkanes of at least 4 members (excludes halogenated alkanes) is 6. The summed E-state index contributed by atoms with van der Waals surface area (Å²) < 4.78 is 9.51. The first kappa shape index (κ1) is 27.2. The average molecular weight is 392 g/mol. The first-order chi connectivity index (χ1) is 13.5. The molecular formula is C20H35N6O2+. The number of imidazole rings is 1. The molecule has 4 N–H and O–H groups in total. The van der Waals surface area contributed by atoms with Crippen molar-refractivity contribution in [3.63, 3.8) is 0 Å². The molecule has 0 fully saturated rings. The van der Waals surface area contributed by atoms with E-state index in [1.807, 2.05) is 30.3 Å². The number of carbonyl (C=O) groups is 1. The lowest BCUT2D eigenvalue weighted by Crippen LogP contribution is -2.39. The Morgan fingerprint density at radius 1 is 1.21 bits per heavy atom. The lowest BCUT2D eigenvalue weighted by molar-refractivity contribution is -0.702. The average Bonchev–Trinajstić information content (AvgIpc) is 3.06. The Balaban J connectivity index is 0. The molecule has 0 aliphatic carbocycles. The van der Waals surface area contributed by atoms with Gasteiger partial charge >= 0.3 is 5.97 Å². The van der Waals surface area contributed by atoms with Crippen LogP contribution in [0.5, 0.6) is 0 Å². The monoisotopic (exact) mass is 391 g/mol. The molecule has 1 heterocycles. The van der Waals surface area contributed by atoms with Gasteiger partial charge in [0.1, 0.15) is 25.0 Å². The number of rotatable bonds is 12. The van der Waals surface area contributed by atoms with Crippen molar-refractivity contribution in [2.75, 3.05) is 0 Å². The fourth-order valence-electron chi connectivity index (χ4n) is 2.57. The Hall–Kier alpha value is -3.00. The van der Waals surface area contributed by atoms with E-state index in [1.165, 1.54) is 57.0 Å². The quantitative estimate of drug-likeness (QED) is 0.140. The van der Waals surface area contributed by atoms with Crippen molar-refractivity contribution in [2.45, 2.75) is 70.9 Å². The largest absolute Gasteiger partial charge is 0.455 e. The van der Waals surface area contributed by atoms with Gasteiger partial charge < -0.3 is 16.2 Å². The van der Waals surface area contributed by atoms with Gasteiger partial charge in [0.2, 0.25) is 6.33 Å². The zero-order valence-electron chi connectivity index (χ0n) is 17.2. The van der Waals surface area contributed by atoms with Gasteiger partial charge in [0.25, 0.3) is 0 Å². The van der Waals surface area contributed by atoms with Crippen molar-refractivity contribution in [1.29, 1.82) is 10.5 Å². The predicted molar refractivity (Wildman–Crippen MR) is 108 cm³/mol. The summed E-state index contributed by atoms with van der Waals surface area (Å²) in [4.78, 5) is 11.5. The highest BCUT2D eigenvalue weighted by molar-refractivity contribution is 5.81. The Morgan fingerprint density at radius 2 is 1.75 bits per heavy atom. The van der Waals surface area contributed by atoms with E-state index in [0.717, 1.165) is 12.8 Å². The molecule has 0 aliphatic heterocycles. The fourth-order valence-corrected chi connectivity index (χ4v) is 2.57. The van der Waals surface area contributed by atoms with Gasteiger partial charge in [-0.05, 0) is 12.8 Å². The summed E-state index contributed by atoms with van der Waals surface area (Å²) >= 11 is 0. The molecule has 0 amide bonds. The van der Waals surface area contributed by atoms with E-state index >= 15 is 0 Å². The third-order valence-corrected chi connectivity index (χ3v) is 3.82. The van der Waals surface area contributed by atoms with Crippen molar-refractivity contribution in [1.82, 2.24) is 4.57 Å². The van der Waals surface area contributed by atoms with E-state index in [9.17, 15) is 4.79 Å². The van der Waals surface area contributed by atoms with Crippen molar-refractivity contribution in [3.05, 3.63) is 31.4 Å². The lowest BCUT2D eigenvalue weighted by atomic mass is 10.1. The number of esters is 1. The van der Waals surface area contributed by atoms with Gasteiger partial charge in [0, 0.05) is 6.08 Å². The van der Waals surface area contributed by atoms with Crippen LogP contribution in [0.4, 0.5) is 0 Å². The standard InChI is InChI=1S/C18H31N2O2.2CH2N2/c1-4-6-7-8-9-10-11-12-17(22-18(21)5-2)15-20-14-13-19(3)16-20;2*2-1-3/h5,13-14,16-17H,2,4,6-12,15H2,1,3H3;2*2H2/q+1;;. The maximum absolute atomic E-state index is 11.5. The van der Waals surface area contributed by atoms with Gasteiger partial charge in [-0.25, -0.2) is 13.9 Å². The minimum Gasteiger partial charge on any atom is -0.455 e. The third kappa shape index (κ3) is 17.8. The predicted octanol–water partition coefficient (Wildman–Crippen LogP) is 2.40. The van der Waals surface area contributed by atoms with E-state index in [4.69, 9.17) is 15.3 Å². The van der Waals surface area contributed by atoms with Crippen LogP contribution in [0.1, 0.15) is 58.3 Å². The van der Waals surface area contributed by atoms with Crippen LogP contribution in [0.2, 0.25) is 0 Å². The smallest absolute Gasteiger partial charge is 0.330 e. The van der Waals surface area contributed by atoms with Crippen LogP contribution in [-0.2, 0) is 23.1 Å². The molecule has 1 aromatic heterocycles. The Labute approximate surface area is 169 Å². The number of aryl methyl sites for hydroxylation is 1. The van der Waals surface area contributed by atoms with E-state index in [-0.39, 0.29) is 12.1 Å². The van der Waals surface area contributed by atoms with Crippen LogP contribution in [0, 0.1) is 22.9 Å². The molecule has 28 heavy (non-hydrogen) atoms. The highest BCUT2D eigenvalue weighted by Crippen LogP contribution is 2.12. The van der Waals surface area contributed by atoms with E-state index in [1.54, 1.807) is 0 Å². The number of hydrogen-bond donors (Lipinski definition) is 2. The first-order valence-electron chi connectivity index (χ1n) is 9.52. The number of nitrogens with two attached hydrogens (primary N) is 2. The lowest BCUT2D eigenvalue weighted by Gasteiger charge is -2.15. The number of aromatic nitrogens is 2. The highest BCUT2D eigenvalue weighted by Gasteiger charge is 2.16. The molecule has 1 unspecified atom stereocenters. The zero-order chi connectivity index (χ0) is 21.6. The Bertz CT molecular complexity index is 589. The molecule has 1 atom stereocenters. The minimum absolute atomic E-state index is 0.0754. The molecule has 0 radical (unpaired) electrons. The van der Waals surface area contributed by atoms with Gasteiger partial charge in [0.05, 0.1) is 7.05 Å².